The highest BCUT2D eigenvalue weighted by Crippen LogP contribution is 2.14. The molecule has 23 heavy (non-hydrogen) atoms. The number of rotatable bonds is 5. The average molecular weight is 331 g/mol. The summed E-state index contributed by atoms with van der Waals surface area (Å²) >= 11 is 0. The molecule has 0 atom stereocenters. The van der Waals surface area contributed by atoms with E-state index >= 15 is 0 Å². The third kappa shape index (κ3) is 4.33. The zero-order valence-corrected chi connectivity index (χ0v) is 13.0. The maximum Gasteiger partial charge on any atom is 0.269 e. The minimum absolute atomic E-state index is 0.0233. The summed E-state index contributed by atoms with van der Waals surface area (Å²) in [6.45, 7) is 0. The molecule has 6 nitrogen and oxygen atoms in total. The molecule has 2 rings (SSSR count). The minimum atomic E-state index is -3.30. The van der Waals surface area contributed by atoms with E-state index in [-0.39, 0.29) is 16.4 Å². The molecule has 0 saturated carbocycles. The molecule has 0 spiro atoms. The SMILES string of the molecule is CS(=O)(=O)c1ccc(C(=O)/C=C/c2ccc([N+](=O)[O-])cc2)cc1. The molecular weight excluding hydrogens is 318 g/mol. The van der Waals surface area contributed by atoms with Crippen molar-refractivity contribution in [2.24, 2.45) is 0 Å². The quantitative estimate of drug-likeness (QED) is 0.363. The van der Waals surface area contributed by atoms with E-state index in [0.29, 0.717) is 11.1 Å². The number of nitro groups is 1. The number of carbonyl (C=O) groups excluding carboxylic acids is 1. The fourth-order valence-electron chi connectivity index (χ4n) is 1.84. The van der Waals surface area contributed by atoms with Gasteiger partial charge in [0.25, 0.3) is 5.69 Å². The number of carbonyl (C=O) groups is 1. The Kier molecular flexibility index (Phi) is 4.71. The Balaban J connectivity index is 2.13. The summed E-state index contributed by atoms with van der Waals surface area (Å²) in [5.74, 6) is -0.289. The van der Waals surface area contributed by atoms with Crippen molar-refractivity contribution < 1.29 is 18.1 Å². The lowest BCUT2D eigenvalue weighted by Gasteiger charge is -2.00. The molecule has 7 heteroatoms. The third-order valence-corrected chi connectivity index (χ3v) is 4.23. The zero-order valence-electron chi connectivity index (χ0n) is 12.2. The van der Waals surface area contributed by atoms with Gasteiger partial charge in [-0.25, -0.2) is 8.42 Å². The second-order valence-corrected chi connectivity index (χ2v) is 6.86. The molecule has 0 radical (unpaired) electrons. The van der Waals surface area contributed by atoms with Crippen LogP contribution in [0.1, 0.15) is 15.9 Å². The number of sulfone groups is 1. The smallest absolute Gasteiger partial charge is 0.269 e. The van der Waals surface area contributed by atoms with Gasteiger partial charge >= 0.3 is 0 Å². The number of ketones is 1. The summed E-state index contributed by atoms with van der Waals surface area (Å²) in [4.78, 5) is 22.2. The summed E-state index contributed by atoms with van der Waals surface area (Å²) in [6, 6.07) is 11.4. The van der Waals surface area contributed by atoms with E-state index in [0.717, 1.165) is 6.26 Å². The van der Waals surface area contributed by atoms with Crippen LogP contribution in [0.25, 0.3) is 6.08 Å². The Morgan fingerprint density at radius 1 is 1.04 bits per heavy atom. The molecule has 0 fully saturated rings. The zero-order chi connectivity index (χ0) is 17.0. The Morgan fingerprint density at radius 3 is 2.09 bits per heavy atom. The van der Waals surface area contributed by atoms with Crippen LogP contribution in [0, 0.1) is 10.1 Å². The highest BCUT2D eigenvalue weighted by atomic mass is 32.2. The van der Waals surface area contributed by atoms with E-state index in [1.165, 1.54) is 60.7 Å². The summed E-state index contributed by atoms with van der Waals surface area (Å²) < 4.78 is 22.7. The van der Waals surface area contributed by atoms with Gasteiger partial charge in [-0.1, -0.05) is 6.08 Å². The molecule has 0 N–H and O–H groups in total. The first-order chi connectivity index (χ1) is 10.8. The second-order valence-electron chi connectivity index (χ2n) is 4.84. The summed E-state index contributed by atoms with van der Waals surface area (Å²) in [5, 5.41) is 10.6. The number of nitrogens with zero attached hydrogens (tertiary/aromatic N) is 1. The lowest BCUT2D eigenvalue weighted by molar-refractivity contribution is -0.384. The van der Waals surface area contributed by atoms with Crippen molar-refractivity contribution >= 4 is 27.4 Å². The molecule has 0 aliphatic heterocycles. The van der Waals surface area contributed by atoms with Crippen molar-refractivity contribution in [2.75, 3.05) is 6.26 Å². The number of benzene rings is 2. The predicted molar refractivity (Wildman–Crippen MR) is 86.0 cm³/mol. The van der Waals surface area contributed by atoms with E-state index in [9.17, 15) is 23.3 Å². The van der Waals surface area contributed by atoms with Crippen molar-refractivity contribution in [3.63, 3.8) is 0 Å². The van der Waals surface area contributed by atoms with Crippen molar-refractivity contribution in [2.45, 2.75) is 4.90 Å². The molecule has 2 aromatic carbocycles. The van der Waals surface area contributed by atoms with Crippen LogP contribution < -0.4 is 0 Å². The van der Waals surface area contributed by atoms with Crippen molar-refractivity contribution in [1.29, 1.82) is 0 Å². The molecule has 0 saturated heterocycles. The van der Waals surface area contributed by atoms with Crippen LogP contribution in [0.3, 0.4) is 0 Å². The van der Waals surface area contributed by atoms with Crippen molar-refractivity contribution in [3.05, 3.63) is 75.8 Å². The fourth-order valence-corrected chi connectivity index (χ4v) is 2.47. The van der Waals surface area contributed by atoms with Gasteiger partial charge in [0.05, 0.1) is 9.82 Å². The van der Waals surface area contributed by atoms with Crippen molar-refractivity contribution in [3.8, 4) is 0 Å². The van der Waals surface area contributed by atoms with Crippen LogP contribution >= 0.6 is 0 Å². The maximum absolute atomic E-state index is 12.0. The topological polar surface area (TPSA) is 94.3 Å². The van der Waals surface area contributed by atoms with Gasteiger partial charge in [0.2, 0.25) is 0 Å². The lowest BCUT2D eigenvalue weighted by Crippen LogP contribution is -1.99. The first kappa shape index (κ1) is 16.6. The van der Waals surface area contributed by atoms with E-state index < -0.39 is 14.8 Å². The van der Waals surface area contributed by atoms with Crippen LogP contribution in [0.4, 0.5) is 5.69 Å². The van der Waals surface area contributed by atoms with Crippen molar-refractivity contribution in [1.82, 2.24) is 0 Å². The summed E-state index contributed by atoms with van der Waals surface area (Å²) in [5.41, 5.74) is 0.983. The molecule has 0 amide bonds. The number of nitro benzene ring substituents is 1. The number of non-ortho nitro benzene ring substituents is 1. The van der Waals surface area contributed by atoms with Gasteiger partial charge in [-0.05, 0) is 48.0 Å². The Morgan fingerprint density at radius 2 is 1.61 bits per heavy atom. The Hall–Kier alpha value is -2.80. The van der Waals surface area contributed by atoms with E-state index in [4.69, 9.17) is 0 Å². The minimum Gasteiger partial charge on any atom is -0.289 e. The largest absolute Gasteiger partial charge is 0.289 e. The lowest BCUT2D eigenvalue weighted by atomic mass is 10.1. The van der Waals surface area contributed by atoms with E-state index in [2.05, 4.69) is 0 Å². The number of hydrogen-bond acceptors (Lipinski definition) is 5. The third-order valence-electron chi connectivity index (χ3n) is 3.10. The van der Waals surface area contributed by atoms with Crippen LogP contribution in [-0.2, 0) is 9.84 Å². The van der Waals surface area contributed by atoms with Crippen LogP contribution in [0.2, 0.25) is 0 Å². The maximum atomic E-state index is 12.0. The monoisotopic (exact) mass is 331 g/mol. The molecular formula is C16H13NO5S. The number of allylic oxidation sites excluding steroid dienone is 1. The van der Waals surface area contributed by atoms with Crippen LogP contribution in [-0.4, -0.2) is 25.4 Å². The standard InChI is InChI=1S/C16H13NO5S/c1-23(21,22)15-9-5-13(6-10-15)16(18)11-4-12-2-7-14(8-3-12)17(19)20/h2-11H,1H3/b11-4+. The van der Waals surface area contributed by atoms with Gasteiger partial charge in [-0.15, -0.1) is 0 Å². The van der Waals surface area contributed by atoms with Crippen LogP contribution in [0.15, 0.2) is 59.5 Å². The molecule has 118 valence electrons. The van der Waals surface area contributed by atoms with Crippen LogP contribution in [0.5, 0.6) is 0 Å². The Labute approximate surface area is 133 Å². The first-order valence-electron chi connectivity index (χ1n) is 6.54. The molecule has 0 bridgehead atoms. The van der Waals surface area contributed by atoms with Gasteiger partial charge in [-0.2, -0.15) is 0 Å². The molecule has 0 unspecified atom stereocenters. The molecule has 0 heterocycles. The fraction of sp³-hybridized carbons (Fsp3) is 0.0625. The summed E-state index contributed by atoms with van der Waals surface area (Å²) in [6.07, 6.45) is 3.96. The normalized spacial score (nSPS) is 11.5. The molecule has 0 aromatic heterocycles. The molecule has 2 aromatic rings. The first-order valence-corrected chi connectivity index (χ1v) is 8.43. The van der Waals surface area contributed by atoms with Gasteiger partial charge in [0, 0.05) is 24.0 Å². The van der Waals surface area contributed by atoms with Gasteiger partial charge in [-0.3, -0.25) is 14.9 Å². The second kappa shape index (κ2) is 6.53. The van der Waals surface area contributed by atoms with Gasteiger partial charge in [0.1, 0.15) is 0 Å². The Bertz CT molecular complexity index is 866. The van der Waals surface area contributed by atoms with Gasteiger partial charge in [0.15, 0.2) is 15.6 Å². The van der Waals surface area contributed by atoms with E-state index in [1.807, 2.05) is 0 Å². The van der Waals surface area contributed by atoms with Gasteiger partial charge < -0.3 is 0 Å². The average Bonchev–Trinajstić information content (AvgIpc) is 2.52. The highest BCUT2D eigenvalue weighted by molar-refractivity contribution is 7.90. The highest BCUT2D eigenvalue weighted by Gasteiger charge is 2.08. The van der Waals surface area contributed by atoms with E-state index in [1.54, 1.807) is 0 Å². The molecule has 0 aliphatic carbocycles. The predicted octanol–water partition coefficient (Wildman–Crippen LogP) is 2.89. The summed E-state index contributed by atoms with van der Waals surface area (Å²) in [7, 11) is -3.30. The number of hydrogen-bond donors (Lipinski definition) is 0. The molecule has 0 aliphatic rings.